The van der Waals surface area contributed by atoms with Gasteiger partial charge in [-0.1, -0.05) is 49.9 Å². The van der Waals surface area contributed by atoms with Crippen molar-refractivity contribution in [3.63, 3.8) is 0 Å². The molecule has 0 saturated heterocycles. The molecule has 0 spiro atoms. The minimum Gasteiger partial charge on any atom is -0.335 e. The van der Waals surface area contributed by atoms with E-state index in [-0.39, 0.29) is 21.8 Å². The van der Waals surface area contributed by atoms with Gasteiger partial charge in [0, 0.05) is 18.7 Å². The summed E-state index contributed by atoms with van der Waals surface area (Å²) in [6.45, 7) is 5.95. The zero-order valence-corrected chi connectivity index (χ0v) is 20.6. The van der Waals surface area contributed by atoms with Crippen LogP contribution >= 0.6 is 11.8 Å². The van der Waals surface area contributed by atoms with Crippen LogP contribution in [0.15, 0.2) is 58.6 Å². The molecule has 0 aliphatic carbocycles. The molecule has 10 nitrogen and oxygen atoms in total. The van der Waals surface area contributed by atoms with Crippen LogP contribution in [0, 0.1) is 11.3 Å². The number of thioether (sulfide) groups is 1. The molecule has 1 amide bonds. The quantitative estimate of drug-likeness (QED) is 0.337. The predicted molar refractivity (Wildman–Crippen MR) is 131 cm³/mol. The molecular weight excluding hydrogens is 474 g/mol. The lowest BCUT2D eigenvalue weighted by molar-refractivity contribution is -0.115. The van der Waals surface area contributed by atoms with Crippen molar-refractivity contribution in [3.8, 4) is 17.5 Å². The molecule has 178 valence electrons. The Labute approximate surface area is 202 Å². The molecule has 3 aromatic rings. The Bertz CT molecular complexity index is 1330. The lowest BCUT2D eigenvalue weighted by Gasteiger charge is -2.18. The topological polar surface area (TPSA) is 147 Å². The van der Waals surface area contributed by atoms with Crippen LogP contribution in [-0.2, 0) is 14.8 Å². The molecule has 0 radical (unpaired) electrons. The summed E-state index contributed by atoms with van der Waals surface area (Å²) < 4.78 is 28.3. The van der Waals surface area contributed by atoms with Gasteiger partial charge >= 0.3 is 0 Å². The Balaban J connectivity index is 1.80. The molecule has 1 heterocycles. The van der Waals surface area contributed by atoms with E-state index in [1.165, 1.54) is 21.1 Å². The first-order valence-electron chi connectivity index (χ1n) is 10.5. The van der Waals surface area contributed by atoms with E-state index in [4.69, 9.17) is 5.84 Å². The summed E-state index contributed by atoms with van der Waals surface area (Å²) in [4.78, 5) is 12.8. The van der Waals surface area contributed by atoms with Crippen LogP contribution < -0.4 is 11.2 Å². The normalized spacial score (nSPS) is 12.3. The van der Waals surface area contributed by atoms with Crippen molar-refractivity contribution in [1.29, 1.82) is 5.26 Å². The molecule has 12 heteroatoms. The first kappa shape index (κ1) is 25.2. The minimum atomic E-state index is -3.65. The van der Waals surface area contributed by atoms with E-state index >= 15 is 0 Å². The van der Waals surface area contributed by atoms with Crippen molar-refractivity contribution in [1.82, 2.24) is 19.2 Å². The fourth-order valence-corrected chi connectivity index (χ4v) is 5.47. The van der Waals surface area contributed by atoms with Gasteiger partial charge in [0.1, 0.15) is 6.07 Å². The van der Waals surface area contributed by atoms with E-state index in [9.17, 15) is 18.5 Å². The summed E-state index contributed by atoms with van der Waals surface area (Å²) in [6.07, 6.45) is 0. The second kappa shape index (κ2) is 10.7. The number of para-hydroxylation sites is 1. The third-order valence-corrected chi connectivity index (χ3v) is 8.16. The van der Waals surface area contributed by atoms with Gasteiger partial charge in [-0.3, -0.25) is 4.79 Å². The summed E-state index contributed by atoms with van der Waals surface area (Å²) in [6, 6.07) is 15.1. The molecule has 0 aliphatic rings. The minimum absolute atomic E-state index is 0.134. The number of hydrogen-bond acceptors (Lipinski definition) is 8. The summed E-state index contributed by atoms with van der Waals surface area (Å²) in [7, 11) is -3.65. The number of sulfonamides is 1. The zero-order valence-electron chi connectivity index (χ0n) is 19.0. The van der Waals surface area contributed by atoms with Gasteiger partial charge in [-0.25, -0.2) is 13.1 Å². The molecule has 0 bridgehead atoms. The zero-order chi connectivity index (χ0) is 24.9. The van der Waals surface area contributed by atoms with Crippen LogP contribution in [0.3, 0.4) is 0 Å². The number of anilines is 1. The Morgan fingerprint density at radius 1 is 1.21 bits per heavy atom. The summed E-state index contributed by atoms with van der Waals surface area (Å²) >= 11 is 1.09. The summed E-state index contributed by atoms with van der Waals surface area (Å²) in [5.74, 6) is 6.13. The van der Waals surface area contributed by atoms with E-state index in [2.05, 4.69) is 15.5 Å². The molecule has 34 heavy (non-hydrogen) atoms. The molecule has 1 unspecified atom stereocenters. The molecule has 0 aliphatic heterocycles. The lowest BCUT2D eigenvalue weighted by Crippen LogP contribution is -2.30. The van der Waals surface area contributed by atoms with Crippen molar-refractivity contribution >= 4 is 33.4 Å². The average molecular weight is 500 g/mol. The second-order valence-electron chi connectivity index (χ2n) is 7.20. The van der Waals surface area contributed by atoms with Gasteiger partial charge in [-0.05, 0) is 31.2 Å². The summed E-state index contributed by atoms with van der Waals surface area (Å²) in [5.41, 5.74) is 1.26. The number of aromatic nitrogens is 3. The number of rotatable bonds is 9. The number of hydrogen-bond donors (Lipinski definition) is 2. The van der Waals surface area contributed by atoms with Gasteiger partial charge in [0.05, 0.1) is 21.4 Å². The van der Waals surface area contributed by atoms with Crippen LogP contribution in [0.1, 0.15) is 26.3 Å². The van der Waals surface area contributed by atoms with Gasteiger partial charge in [0.15, 0.2) is 5.82 Å². The van der Waals surface area contributed by atoms with Gasteiger partial charge in [0.2, 0.25) is 21.1 Å². The SMILES string of the molecule is CCN(CC)S(=O)(=O)c1cccc(-c2nnc(SC(C)C(=O)Nc3ccccc3C#N)n2N)c1. The number of nitrogens with two attached hydrogens (primary N) is 1. The van der Waals surface area contributed by atoms with Crippen LogP contribution in [0.2, 0.25) is 0 Å². The fourth-order valence-electron chi connectivity index (χ4n) is 3.20. The van der Waals surface area contributed by atoms with E-state index in [0.29, 0.717) is 29.9 Å². The maximum Gasteiger partial charge on any atom is 0.243 e. The van der Waals surface area contributed by atoms with Crippen molar-refractivity contribution in [2.75, 3.05) is 24.2 Å². The van der Waals surface area contributed by atoms with Crippen LogP contribution in [0.25, 0.3) is 11.4 Å². The molecule has 3 rings (SSSR count). The number of nitriles is 1. The highest BCUT2D eigenvalue weighted by molar-refractivity contribution is 8.00. The standard InChI is InChI=1S/C22H25N7O3S2/c1-4-28(5-2)34(31,32)18-11-8-10-16(13-18)20-26-27-22(29(20)24)33-15(3)21(30)25-19-12-7-6-9-17(19)14-23/h6-13,15H,4-5,24H2,1-3H3,(H,25,30). The average Bonchev–Trinajstić information content (AvgIpc) is 3.19. The Morgan fingerprint density at radius 2 is 1.91 bits per heavy atom. The van der Waals surface area contributed by atoms with E-state index in [1.54, 1.807) is 57.2 Å². The number of nitrogens with one attached hydrogen (secondary N) is 1. The molecule has 0 saturated carbocycles. The number of carbonyl (C=O) groups is 1. The van der Waals surface area contributed by atoms with Crippen molar-refractivity contribution in [3.05, 3.63) is 54.1 Å². The van der Waals surface area contributed by atoms with Gasteiger partial charge in [-0.15, -0.1) is 10.2 Å². The largest absolute Gasteiger partial charge is 0.335 e. The number of benzene rings is 2. The van der Waals surface area contributed by atoms with Crippen LogP contribution in [-0.4, -0.2) is 51.8 Å². The molecular formula is C22H25N7O3S2. The number of nitrogen functional groups attached to an aromatic ring is 1. The predicted octanol–water partition coefficient (Wildman–Crippen LogP) is 2.68. The third kappa shape index (κ3) is 5.22. The van der Waals surface area contributed by atoms with Crippen LogP contribution in [0.5, 0.6) is 0 Å². The molecule has 0 fully saturated rings. The van der Waals surface area contributed by atoms with E-state index < -0.39 is 15.3 Å². The van der Waals surface area contributed by atoms with Gasteiger partial charge in [-0.2, -0.15) is 9.57 Å². The van der Waals surface area contributed by atoms with E-state index in [1.807, 2.05) is 6.07 Å². The highest BCUT2D eigenvalue weighted by Gasteiger charge is 2.24. The Kier molecular flexibility index (Phi) is 7.93. The van der Waals surface area contributed by atoms with Crippen LogP contribution in [0.4, 0.5) is 5.69 Å². The highest BCUT2D eigenvalue weighted by atomic mass is 32.2. The van der Waals surface area contributed by atoms with Crippen molar-refractivity contribution < 1.29 is 13.2 Å². The first-order valence-corrected chi connectivity index (χ1v) is 12.8. The highest BCUT2D eigenvalue weighted by Crippen LogP contribution is 2.27. The first-order chi connectivity index (χ1) is 16.2. The summed E-state index contributed by atoms with van der Waals surface area (Å²) in [5, 5.41) is 19.8. The smallest absolute Gasteiger partial charge is 0.243 e. The lowest BCUT2D eigenvalue weighted by atomic mass is 10.2. The number of amides is 1. The molecule has 2 aromatic carbocycles. The van der Waals surface area contributed by atoms with E-state index in [0.717, 1.165) is 11.8 Å². The Morgan fingerprint density at radius 3 is 2.59 bits per heavy atom. The van der Waals surface area contributed by atoms with Crippen molar-refractivity contribution in [2.45, 2.75) is 36.1 Å². The number of carbonyl (C=O) groups excluding carboxylic acids is 1. The second-order valence-corrected chi connectivity index (χ2v) is 10.4. The third-order valence-electron chi connectivity index (χ3n) is 5.06. The maximum absolute atomic E-state index is 12.9. The van der Waals surface area contributed by atoms with Gasteiger partial charge < -0.3 is 11.2 Å². The van der Waals surface area contributed by atoms with Gasteiger partial charge in [0.25, 0.3) is 0 Å². The fraction of sp³-hybridized carbons (Fsp3) is 0.273. The molecule has 3 N–H and O–H groups in total. The monoisotopic (exact) mass is 499 g/mol. The Hall–Kier alpha value is -3.40. The molecule has 1 aromatic heterocycles. The molecule has 1 atom stereocenters. The van der Waals surface area contributed by atoms with Crippen molar-refractivity contribution in [2.24, 2.45) is 0 Å². The number of nitrogens with zero attached hydrogens (tertiary/aromatic N) is 5. The maximum atomic E-state index is 12.9.